The molecule has 0 aliphatic carbocycles. The average molecular weight is 235 g/mol. The van der Waals surface area contributed by atoms with E-state index in [9.17, 15) is 14.5 Å². The van der Waals surface area contributed by atoms with Gasteiger partial charge in [-0.25, -0.2) is 9.37 Å². The minimum absolute atomic E-state index is 0.0109. The molecule has 0 aromatic carbocycles. The first-order valence-corrected chi connectivity index (χ1v) is 3.79. The van der Waals surface area contributed by atoms with E-state index >= 15 is 0 Å². The summed E-state index contributed by atoms with van der Waals surface area (Å²) in [6.07, 6.45) is 1.14. The Bertz CT molecular complexity index is 318. The van der Waals surface area contributed by atoms with Crippen LogP contribution in [0.2, 0.25) is 0 Å². The number of aromatic nitrogens is 1. The standard InChI is InChI=1S/C6H4BrFN2O2/c7-6-1-5(10(11)12)4(2-8)3-9-6/h1,3H,2H2. The van der Waals surface area contributed by atoms with Gasteiger partial charge in [-0.2, -0.15) is 0 Å². The molecule has 6 heteroatoms. The Morgan fingerprint density at radius 3 is 2.92 bits per heavy atom. The highest BCUT2D eigenvalue weighted by molar-refractivity contribution is 9.10. The molecule has 0 fully saturated rings. The third-order valence-corrected chi connectivity index (χ3v) is 1.70. The number of halogens is 2. The van der Waals surface area contributed by atoms with Crippen LogP contribution in [0, 0.1) is 10.1 Å². The summed E-state index contributed by atoms with van der Waals surface area (Å²) in [4.78, 5) is 13.4. The molecule has 0 radical (unpaired) electrons. The topological polar surface area (TPSA) is 56.0 Å². The molecule has 0 bridgehead atoms. The van der Waals surface area contributed by atoms with Crippen molar-refractivity contribution in [1.29, 1.82) is 0 Å². The number of nitrogens with zero attached hydrogens (tertiary/aromatic N) is 2. The minimum Gasteiger partial charge on any atom is -0.258 e. The maximum atomic E-state index is 12.1. The normalized spacial score (nSPS) is 9.83. The van der Waals surface area contributed by atoms with Crippen LogP contribution < -0.4 is 0 Å². The van der Waals surface area contributed by atoms with Crippen LogP contribution in [0.25, 0.3) is 0 Å². The second-order valence-corrected chi connectivity index (χ2v) is 2.84. The van der Waals surface area contributed by atoms with E-state index in [1.807, 2.05) is 0 Å². The first-order valence-electron chi connectivity index (χ1n) is 3.00. The maximum Gasteiger partial charge on any atom is 0.279 e. The maximum absolute atomic E-state index is 12.1. The summed E-state index contributed by atoms with van der Waals surface area (Å²) in [5.74, 6) is 0. The summed E-state index contributed by atoms with van der Waals surface area (Å²) in [7, 11) is 0. The van der Waals surface area contributed by atoms with Crippen molar-refractivity contribution in [1.82, 2.24) is 4.98 Å². The monoisotopic (exact) mass is 234 g/mol. The SMILES string of the molecule is O=[N+]([O-])c1cc(Br)ncc1CF. The quantitative estimate of drug-likeness (QED) is 0.448. The molecule has 0 N–H and O–H groups in total. The van der Waals surface area contributed by atoms with Gasteiger partial charge in [0.05, 0.1) is 10.5 Å². The van der Waals surface area contributed by atoms with Crippen molar-refractivity contribution in [2.24, 2.45) is 0 Å². The minimum atomic E-state index is -0.878. The second kappa shape index (κ2) is 3.57. The van der Waals surface area contributed by atoms with Crippen molar-refractivity contribution >= 4 is 21.6 Å². The number of nitro groups is 1. The van der Waals surface area contributed by atoms with Crippen molar-refractivity contribution in [2.45, 2.75) is 6.67 Å². The fraction of sp³-hybridized carbons (Fsp3) is 0.167. The number of hydrogen-bond donors (Lipinski definition) is 0. The molecule has 0 saturated carbocycles. The summed E-state index contributed by atoms with van der Waals surface area (Å²) in [6, 6.07) is 1.18. The lowest BCUT2D eigenvalue weighted by molar-refractivity contribution is -0.385. The van der Waals surface area contributed by atoms with Gasteiger partial charge in [0, 0.05) is 12.3 Å². The third-order valence-electron chi connectivity index (χ3n) is 1.27. The molecule has 1 rings (SSSR count). The van der Waals surface area contributed by atoms with E-state index in [4.69, 9.17) is 0 Å². The van der Waals surface area contributed by atoms with Crippen molar-refractivity contribution in [3.63, 3.8) is 0 Å². The highest BCUT2D eigenvalue weighted by atomic mass is 79.9. The van der Waals surface area contributed by atoms with Crippen molar-refractivity contribution in [2.75, 3.05) is 0 Å². The fourth-order valence-electron chi connectivity index (χ4n) is 0.721. The molecule has 0 aliphatic rings. The second-order valence-electron chi connectivity index (χ2n) is 2.03. The molecule has 0 atom stereocenters. The number of alkyl halides is 1. The van der Waals surface area contributed by atoms with Gasteiger partial charge in [0.2, 0.25) is 0 Å². The zero-order valence-electron chi connectivity index (χ0n) is 5.83. The molecule has 4 nitrogen and oxygen atoms in total. The van der Waals surface area contributed by atoms with Crippen LogP contribution in [0.5, 0.6) is 0 Å². The molecule has 0 aliphatic heterocycles. The van der Waals surface area contributed by atoms with Gasteiger partial charge in [0.15, 0.2) is 0 Å². The third kappa shape index (κ3) is 1.76. The summed E-state index contributed by atoms with van der Waals surface area (Å²) >= 11 is 2.96. The Hall–Kier alpha value is -1.04. The molecule has 0 saturated heterocycles. The number of pyridine rings is 1. The predicted octanol–water partition coefficient (Wildman–Crippen LogP) is 2.22. The van der Waals surface area contributed by atoms with Gasteiger partial charge in [0.25, 0.3) is 5.69 Å². The molecule has 0 amide bonds. The highest BCUT2D eigenvalue weighted by Gasteiger charge is 2.13. The van der Waals surface area contributed by atoms with Crippen LogP contribution >= 0.6 is 15.9 Å². The molecule has 1 aromatic heterocycles. The molecule has 0 unspecified atom stereocenters. The van der Waals surface area contributed by atoms with Gasteiger partial charge in [-0.1, -0.05) is 0 Å². The van der Waals surface area contributed by atoms with Gasteiger partial charge in [-0.15, -0.1) is 0 Å². The Balaban J connectivity index is 3.21. The Kier molecular flexibility index (Phi) is 2.69. The van der Waals surface area contributed by atoms with Crippen LogP contribution in [-0.2, 0) is 6.67 Å². The lowest BCUT2D eigenvalue weighted by Gasteiger charge is -1.96. The zero-order chi connectivity index (χ0) is 9.14. The molecule has 1 heterocycles. The first kappa shape index (κ1) is 9.05. The van der Waals surface area contributed by atoms with E-state index in [0.29, 0.717) is 4.60 Å². The van der Waals surface area contributed by atoms with E-state index in [0.717, 1.165) is 6.20 Å². The molecule has 64 valence electrons. The van der Waals surface area contributed by atoms with E-state index in [-0.39, 0.29) is 11.3 Å². The Labute approximate surface area is 75.7 Å². The largest absolute Gasteiger partial charge is 0.279 e. The van der Waals surface area contributed by atoms with Crippen LogP contribution in [0.4, 0.5) is 10.1 Å². The van der Waals surface area contributed by atoms with Crippen LogP contribution in [0.1, 0.15) is 5.56 Å². The molecule has 12 heavy (non-hydrogen) atoms. The van der Waals surface area contributed by atoms with Gasteiger partial charge in [-0.3, -0.25) is 10.1 Å². The highest BCUT2D eigenvalue weighted by Crippen LogP contribution is 2.21. The van der Waals surface area contributed by atoms with Crippen molar-refractivity contribution < 1.29 is 9.31 Å². The van der Waals surface area contributed by atoms with Crippen molar-refractivity contribution in [3.05, 3.63) is 32.5 Å². The first-order chi connectivity index (χ1) is 5.65. The lowest BCUT2D eigenvalue weighted by atomic mass is 10.2. The van der Waals surface area contributed by atoms with Crippen LogP contribution in [-0.4, -0.2) is 9.91 Å². The smallest absolute Gasteiger partial charge is 0.258 e. The zero-order valence-corrected chi connectivity index (χ0v) is 7.41. The summed E-state index contributed by atoms with van der Waals surface area (Å²) in [5.41, 5.74) is -0.262. The molecule has 0 spiro atoms. The molecule has 1 aromatic rings. The van der Waals surface area contributed by atoms with Gasteiger partial charge < -0.3 is 0 Å². The van der Waals surface area contributed by atoms with E-state index in [2.05, 4.69) is 20.9 Å². The van der Waals surface area contributed by atoms with Gasteiger partial charge in [-0.05, 0) is 15.9 Å². The molecular formula is C6H4BrFN2O2. The fourth-order valence-corrected chi connectivity index (χ4v) is 1.04. The molecular weight excluding hydrogens is 231 g/mol. The van der Waals surface area contributed by atoms with E-state index in [1.54, 1.807) is 0 Å². The number of rotatable bonds is 2. The van der Waals surface area contributed by atoms with Gasteiger partial charge in [0.1, 0.15) is 11.3 Å². The van der Waals surface area contributed by atoms with Gasteiger partial charge >= 0.3 is 0 Å². The summed E-state index contributed by atoms with van der Waals surface area (Å²) in [5, 5.41) is 10.3. The van der Waals surface area contributed by atoms with Crippen LogP contribution in [0.3, 0.4) is 0 Å². The lowest BCUT2D eigenvalue weighted by Crippen LogP contribution is -1.94. The number of hydrogen-bond acceptors (Lipinski definition) is 3. The van der Waals surface area contributed by atoms with E-state index < -0.39 is 11.6 Å². The average Bonchev–Trinajstić information content (AvgIpc) is 2.04. The Morgan fingerprint density at radius 1 is 1.75 bits per heavy atom. The van der Waals surface area contributed by atoms with Crippen LogP contribution in [0.15, 0.2) is 16.9 Å². The summed E-state index contributed by atoms with van der Waals surface area (Å²) < 4.78 is 12.4. The van der Waals surface area contributed by atoms with Crippen molar-refractivity contribution in [3.8, 4) is 0 Å². The summed E-state index contributed by atoms with van der Waals surface area (Å²) in [6.45, 7) is -0.878. The Morgan fingerprint density at radius 2 is 2.42 bits per heavy atom. The predicted molar refractivity (Wildman–Crippen MR) is 43.4 cm³/mol. The van der Waals surface area contributed by atoms with E-state index in [1.165, 1.54) is 6.07 Å².